The van der Waals surface area contributed by atoms with Crippen molar-refractivity contribution in [1.29, 1.82) is 0 Å². The monoisotopic (exact) mass is 403 g/mol. The van der Waals surface area contributed by atoms with Gasteiger partial charge in [-0.3, -0.25) is 4.79 Å². The van der Waals surface area contributed by atoms with Crippen LogP contribution < -0.4 is 16.0 Å². The Hall–Kier alpha value is -4.08. The van der Waals surface area contributed by atoms with Crippen molar-refractivity contribution in [2.75, 3.05) is 16.0 Å². The Morgan fingerprint density at radius 1 is 1.00 bits per heavy atom. The summed E-state index contributed by atoms with van der Waals surface area (Å²) in [7, 11) is 0. The molecule has 0 fully saturated rings. The predicted octanol–water partition coefficient (Wildman–Crippen LogP) is 3.64. The number of hydrogen-bond donors (Lipinski definition) is 3. The lowest BCUT2D eigenvalue weighted by Crippen LogP contribution is -2.07. The smallest absolute Gasteiger partial charge is 0.232 e. The Morgan fingerprint density at radius 2 is 1.77 bits per heavy atom. The molecule has 0 saturated carbocycles. The normalized spacial score (nSPS) is 10.9. The Kier molecular flexibility index (Phi) is 5.21. The van der Waals surface area contributed by atoms with Crippen LogP contribution in [0.3, 0.4) is 0 Å². The van der Waals surface area contributed by atoms with E-state index in [0.29, 0.717) is 28.7 Å². The van der Waals surface area contributed by atoms with Crippen LogP contribution in [0.4, 0.5) is 29.0 Å². The van der Waals surface area contributed by atoms with Gasteiger partial charge in [0.1, 0.15) is 12.1 Å². The number of fused-ring (bicyclic) bond motifs is 1. The minimum Gasteiger partial charge on any atom is -0.338 e. The van der Waals surface area contributed by atoms with Crippen molar-refractivity contribution in [1.82, 2.24) is 29.5 Å². The van der Waals surface area contributed by atoms with E-state index in [9.17, 15) is 4.79 Å². The van der Waals surface area contributed by atoms with E-state index in [-0.39, 0.29) is 11.9 Å². The SMILES string of the molecule is CC(=O)Nc1ccc(Nc2nc(Nc3ccncn3)nc3c2ncn3C(C)C)cc1. The predicted molar refractivity (Wildman–Crippen MR) is 115 cm³/mol. The second kappa shape index (κ2) is 8.11. The van der Waals surface area contributed by atoms with Crippen molar-refractivity contribution in [3.8, 4) is 0 Å². The van der Waals surface area contributed by atoms with Crippen LogP contribution in [0.5, 0.6) is 0 Å². The fraction of sp³-hybridized carbons (Fsp3) is 0.200. The maximum Gasteiger partial charge on any atom is 0.232 e. The van der Waals surface area contributed by atoms with Crippen LogP contribution in [-0.2, 0) is 4.79 Å². The van der Waals surface area contributed by atoms with E-state index >= 15 is 0 Å². The third-order valence-corrected chi connectivity index (χ3v) is 4.27. The number of nitrogens with zero attached hydrogens (tertiary/aromatic N) is 6. The summed E-state index contributed by atoms with van der Waals surface area (Å²) in [6.07, 6.45) is 4.85. The fourth-order valence-electron chi connectivity index (χ4n) is 2.89. The summed E-state index contributed by atoms with van der Waals surface area (Å²) in [6.45, 7) is 5.60. The van der Waals surface area contributed by atoms with Crippen molar-refractivity contribution in [3.05, 3.63) is 49.2 Å². The average molecular weight is 403 g/mol. The van der Waals surface area contributed by atoms with Crippen LogP contribution in [0.15, 0.2) is 49.2 Å². The van der Waals surface area contributed by atoms with E-state index in [2.05, 4.69) is 54.7 Å². The number of carbonyl (C=O) groups excluding carboxylic acids is 1. The first-order valence-corrected chi connectivity index (χ1v) is 9.42. The maximum absolute atomic E-state index is 11.2. The molecule has 0 atom stereocenters. The first kappa shape index (κ1) is 19.2. The number of imidazole rings is 1. The zero-order valence-corrected chi connectivity index (χ0v) is 16.8. The minimum absolute atomic E-state index is 0.118. The minimum atomic E-state index is -0.118. The van der Waals surface area contributed by atoms with Gasteiger partial charge in [-0.15, -0.1) is 0 Å². The molecule has 0 aliphatic carbocycles. The largest absolute Gasteiger partial charge is 0.338 e. The molecule has 0 unspecified atom stereocenters. The molecule has 3 aromatic heterocycles. The highest BCUT2D eigenvalue weighted by Crippen LogP contribution is 2.27. The standard InChI is InChI=1S/C20H21N9O/c1-12(2)29-11-23-17-18(25-15-6-4-14(5-7-15)24-13(3)30)27-20(28-19(17)29)26-16-8-9-21-10-22-16/h4-12H,1-3H3,(H,24,30)(H2,21,22,25,26,27,28). The Morgan fingerprint density at radius 3 is 2.43 bits per heavy atom. The van der Waals surface area contributed by atoms with Gasteiger partial charge < -0.3 is 20.5 Å². The van der Waals surface area contributed by atoms with Gasteiger partial charge in [-0.1, -0.05) is 0 Å². The molecule has 10 heteroatoms. The third kappa shape index (κ3) is 4.17. The lowest BCUT2D eigenvalue weighted by atomic mass is 10.2. The molecule has 10 nitrogen and oxygen atoms in total. The van der Waals surface area contributed by atoms with Crippen molar-refractivity contribution in [3.63, 3.8) is 0 Å². The molecule has 0 spiro atoms. The molecule has 0 aliphatic rings. The third-order valence-electron chi connectivity index (χ3n) is 4.27. The molecule has 152 valence electrons. The fourth-order valence-corrected chi connectivity index (χ4v) is 2.89. The lowest BCUT2D eigenvalue weighted by Gasteiger charge is -2.12. The summed E-state index contributed by atoms with van der Waals surface area (Å²) in [4.78, 5) is 33.0. The number of amides is 1. The van der Waals surface area contributed by atoms with Crippen LogP contribution in [0, 0.1) is 0 Å². The van der Waals surface area contributed by atoms with Crippen LogP contribution in [0.2, 0.25) is 0 Å². The summed E-state index contributed by atoms with van der Waals surface area (Å²) in [5.74, 6) is 1.42. The number of rotatable bonds is 6. The summed E-state index contributed by atoms with van der Waals surface area (Å²) < 4.78 is 1.98. The van der Waals surface area contributed by atoms with Gasteiger partial charge in [-0.2, -0.15) is 9.97 Å². The number of benzene rings is 1. The van der Waals surface area contributed by atoms with Crippen LogP contribution in [0.1, 0.15) is 26.8 Å². The number of anilines is 5. The van der Waals surface area contributed by atoms with Crippen molar-refractivity contribution in [2.24, 2.45) is 0 Å². The second-order valence-corrected chi connectivity index (χ2v) is 6.92. The highest BCUT2D eigenvalue weighted by molar-refractivity contribution is 5.89. The molecule has 4 rings (SSSR count). The zero-order chi connectivity index (χ0) is 21.1. The Balaban J connectivity index is 1.71. The molecular weight excluding hydrogens is 382 g/mol. The lowest BCUT2D eigenvalue weighted by molar-refractivity contribution is -0.114. The van der Waals surface area contributed by atoms with Gasteiger partial charge in [0.2, 0.25) is 11.9 Å². The summed E-state index contributed by atoms with van der Waals surface area (Å²) in [5.41, 5.74) is 2.88. The molecule has 0 radical (unpaired) electrons. The molecule has 1 aromatic carbocycles. The van der Waals surface area contributed by atoms with Gasteiger partial charge in [0.15, 0.2) is 17.0 Å². The molecule has 0 aliphatic heterocycles. The van der Waals surface area contributed by atoms with Gasteiger partial charge >= 0.3 is 0 Å². The van der Waals surface area contributed by atoms with E-state index in [1.807, 2.05) is 28.8 Å². The van der Waals surface area contributed by atoms with Gasteiger partial charge in [-0.25, -0.2) is 15.0 Å². The van der Waals surface area contributed by atoms with Gasteiger partial charge in [0, 0.05) is 30.5 Å². The van der Waals surface area contributed by atoms with Crippen LogP contribution >= 0.6 is 0 Å². The van der Waals surface area contributed by atoms with E-state index in [1.165, 1.54) is 13.3 Å². The van der Waals surface area contributed by atoms with Crippen molar-refractivity contribution >= 4 is 46.0 Å². The quantitative estimate of drug-likeness (QED) is 0.446. The van der Waals surface area contributed by atoms with Gasteiger partial charge in [0.05, 0.1) is 6.33 Å². The molecule has 0 bridgehead atoms. The Bertz CT molecular complexity index is 1170. The van der Waals surface area contributed by atoms with E-state index in [1.54, 1.807) is 18.6 Å². The number of carbonyl (C=O) groups is 1. The van der Waals surface area contributed by atoms with Crippen molar-refractivity contribution in [2.45, 2.75) is 26.8 Å². The molecular formula is C20H21N9O. The maximum atomic E-state index is 11.2. The highest BCUT2D eigenvalue weighted by atomic mass is 16.1. The Labute approximate surface area is 172 Å². The van der Waals surface area contributed by atoms with E-state index < -0.39 is 0 Å². The molecule has 4 aromatic rings. The number of aromatic nitrogens is 6. The van der Waals surface area contributed by atoms with Gasteiger partial charge in [0.25, 0.3) is 0 Å². The second-order valence-electron chi connectivity index (χ2n) is 6.92. The van der Waals surface area contributed by atoms with Crippen LogP contribution in [0.25, 0.3) is 11.2 Å². The van der Waals surface area contributed by atoms with Crippen molar-refractivity contribution < 1.29 is 4.79 Å². The highest BCUT2D eigenvalue weighted by Gasteiger charge is 2.15. The average Bonchev–Trinajstić information content (AvgIpc) is 3.14. The molecule has 3 heterocycles. The first-order valence-electron chi connectivity index (χ1n) is 9.42. The molecule has 0 saturated heterocycles. The van der Waals surface area contributed by atoms with E-state index in [0.717, 1.165) is 11.4 Å². The molecule has 30 heavy (non-hydrogen) atoms. The zero-order valence-electron chi connectivity index (χ0n) is 16.8. The number of hydrogen-bond acceptors (Lipinski definition) is 8. The summed E-state index contributed by atoms with van der Waals surface area (Å²) >= 11 is 0. The molecule has 3 N–H and O–H groups in total. The van der Waals surface area contributed by atoms with Crippen LogP contribution in [-0.4, -0.2) is 35.4 Å². The number of nitrogens with one attached hydrogen (secondary N) is 3. The topological polar surface area (TPSA) is 123 Å². The van der Waals surface area contributed by atoms with Gasteiger partial charge in [-0.05, 0) is 44.2 Å². The first-order chi connectivity index (χ1) is 14.5. The molecule has 1 amide bonds. The summed E-state index contributed by atoms with van der Waals surface area (Å²) in [5, 5.41) is 9.15. The summed E-state index contributed by atoms with van der Waals surface area (Å²) in [6, 6.07) is 9.26. The van der Waals surface area contributed by atoms with E-state index in [4.69, 9.17) is 0 Å².